The number of carbonyl (C=O) groups excluding carboxylic acids is 1. The molecule has 0 unspecified atom stereocenters. The van der Waals surface area contributed by atoms with Crippen molar-refractivity contribution in [2.45, 2.75) is 0 Å². The topological polar surface area (TPSA) is 59.3 Å². The highest BCUT2D eigenvalue weighted by Crippen LogP contribution is 2.24. The molecule has 0 spiro atoms. The Kier molecular flexibility index (Phi) is 4.35. The lowest BCUT2D eigenvalue weighted by atomic mass is 10.1. The number of para-hydroxylation sites is 1. The summed E-state index contributed by atoms with van der Waals surface area (Å²) in [6.45, 7) is 0.745. The lowest BCUT2D eigenvalue weighted by Gasteiger charge is -2.04. The van der Waals surface area contributed by atoms with E-state index in [9.17, 15) is 4.79 Å². The molecule has 1 aliphatic heterocycles. The Morgan fingerprint density at radius 1 is 1.04 bits per heavy atom. The van der Waals surface area contributed by atoms with Gasteiger partial charge in [-0.25, -0.2) is 4.68 Å². The number of aliphatic imine (C=N–C) groups is 1. The average molecular weight is 348 g/mol. The number of carbonyl (C=O) groups is 1. The number of hydrogen-bond acceptors (Lipinski definition) is 4. The van der Waals surface area contributed by atoms with Crippen molar-refractivity contribution < 1.29 is 4.79 Å². The zero-order valence-electron chi connectivity index (χ0n) is 13.4. The summed E-state index contributed by atoms with van der Waals surface area (Å²) >= 11 is 1.56. The SMILES string of the molecule is O=C(NC1=NCCS1)c1cn(-c2ccccc2)nc1-c1ccccc1. The Balaban J connectivity index is 1.75. The van der Waals surface area contributed by atoms with Gasteiger partial charge in [-0.2, -0.15) is 5.10 Å². The van der Waals surface area contributed by atoms with Gasteiger partial charge in [0.2, 0.25) is 0 Å². The van der Waals surface area contributed by atoms with E-state index in [1.54, 1.807) is 22.6 Å². The van der Waals surface area contributed by atoms with Gasteiger partial charge in [0.1, 0.15) is 5.69 Å². The number of benzene rings is 2. The molecule has 1 aromatic heterocycles. The monoisotopic (exact) mass is 348 g/mol. The van der Waals surface area contributed by atoms with Crippen LogP contribution in [0, 0.1) is 0 Å². The highest BCUT2D eigenvalue weighted by molar-refractivity contribution is 8.14. The fourth-order valence-electron chi connectivity index (χ4n) is 2.64. The number of amidine groups is 1. The van der Waals surface area contributed by atoms with Crippen LogP contribution >= 0.6 is 11.8 Å². The minimum absolute atomic E-state index is 0.186. The molecule has 1 aliphatic rings. The predicted molar refractivity (Wildman–Crippen MR) is 101 cm³/mol. The maximum Gasteiger partial charge on any atom is 0.261 e. The van der Waals surface area contributed by atoms with Gasteiger partial charge in [-0.3, -0.25) is 9.79 Å². The van der Waals surface area contributed by atoms with Crippen molar-refractivity contribution in [1.29, 1.82) is 0 Å². The summed E-state index contributed by atoms with van der Waals surface area (Å²) in [5.41, 5.74) is 3.01. The van der Waals surface area contributed by atoms with Crippen LogP contribution in [0.5, 0.6) is 0 Å². The molecule has 6 heteroatoms. The van der Waals surface area contributed by atoms with Gasteiger partial charge >= 0.3 is 0 Å². The zero-order valence-corrected chi connectivity index (χ0v) is 14.2. The van der Waals surface area contributed by atoms with E-state index < -0.39 is 0 Å². The molecular formula is C19H16N4OS. The number of nitrogens with zero attached hydrogens (tertiary/aromatic N) is 3. The van der Waals surface area contributed by atoms with Gasteiger partial charge in [0.05, 0.1) is 17.8 Å². The molecule has 0 aliphatic carbocycles. The van der Waals surface area contributed by atoms with Crippen molar-refractivity contribution in [1.82, 2.24) is 15.1 Å². The first-order chi connectivity index (χ1) is 12.3. The molecule has 0 bridgehead atoms. The molecule has 0 fully saturated rings. The lowest BCUT2D eigenvalue weighted by molar-refractivity contribution is 0.0978. The minimum Gasteiger partial charge on any atom is -0.301 e. The van der Waals surface area contributed by atoms with Gasteiger partial charge in [0, 0.05) is 17.5 Å². The molecule has 4 rings (SSSR count). The van der Waals surface area contributed by atoms with E-state index in [1.807, 2.05) is 60.7 Å². The van der Waals surface area contributed by atoms with Gasteiger partial charge in [0.15, 0.2) is 5.17 Å². The number of amides is 1. The van der Waals surface area contributed by atoms with Crippen LogP contribution in [-0.4, -0.2) is 33.2 Å². The third-order valence-electron chi connectivity index (χ3n) is 3.83. The maximum atomic E-state index is 12.8. The van der Waals surface area contributed by atoms with Crippen LogP contribution in [0.3, 0.4) is 0 Å². The molecule has 0 saturated heterocycles. The van der Waals surface area contributed by atoms with E-state index in [2.05, 4.69) is 15.4 Å². The first kappa shape index (κ1) is 15.7. The maximum absolute atomic E-state index is 12.8. The molecule has 2 aromatic carbocycles. The molecule has 5 nitrogen and oxygen atoms in total. The first-order valence-electron chi connectivity index (χ1n) is 8.00. The van der Waals surface area contributed by atoms with Crippen LogP contribution in [0.2, 0.25) is 0 Å². The largest absolute Gasteiger partial charge is 0.301 e. The highest BCUT2D eigenvalue weighted by atomic mass is 32.2. The number of aromatic nitrogens is 2. The van der Waals surface area contributed by atoms with E-state index in [0.717, 1.165) is 23.5 Å². The molecule has 3 aromatic rings. The Morgan fingerprint density at radius 2 is 1.76 bits per heavy atom. The quantitative estimate of drug-likeness (QED) is 0.789. The number of rotatable bonds is 3. The molecule has 0 saturated carbocycles. The second-order valence-corrected chi connectivity index (χ2v) is 6.61. The van der Waals surface area contributed by atoms with E-state index in [-0.39, 0.29) is 5.91 Å². The zero-order chi connectivity index (χ0) is 17.1. The van der Waals surface area contributed by atoms with Crippen molar-refractivity contribution in [3.8, 4) is 16.9 Å². The van der Waals surface area contributed by atoms with E-state index >= 15 is 0 Å². The van der Waals surface area contributed by atoms with Crippen molar-refractivity contribution >= 4 is 22.8 Å². The van der Waals surface area contributed by atoms with Gasteiger partial charge < -0.3 is 5.32 Å². The molecule has 124 valence electrons. The van der Waals surface area contributed by atoms with E-state index in [4.69, 9.17) is 0 Å². The lowest BCUT2D eigenvalue weighted by Crippen LogP contribution is -2.27. The van der Waals surface area contributed by atoms with E-state index in [1.165, 1.54) is 0 Å². The van der Waals surface area contributed by atoms with Crippen molar-refractivity contribution in [3.05, 3.63) is 72.4 Å². The number of thioether (sulfide) groups is 1. The van der Waals surface area contributed by atoms with Crippen molar-refractivity contribution in [3.63, 3.8) is 0 Å². The molecule has 2 heterocycles. The van der Waals surface area contributed by atoms with Gasteiger partial charge in [-0.1, -0.05) is 60.3 Å². The predicted octanol–water partition coefficient (Wildman–Crippen LogP) is 3.37. The van der Waals surface area contributed by atoms with E-state index in [0.29, 0.717) is 16.4 Å². The third kappa shape index (κ3) is 3.34. The Morgan fingerprint density at radius 3 is 2.44 bits per heavy atom. The van der Waals surface area contributed by atoms with Crippen LogP contribution in [0.25, 0.3) is 16.9 Å². The van der Waals surface area contributed by atoms with Crippen LogP contribution < -0.4 is 5.32 Å². The van der Waals surface area contributed by atoms with Crippen LogP contribution in [0.1, 0.15) is 10.4 Å². The third-order valence-corrected chi connectivity index (χ3v) is 4.72. The Hall–Kier alpha value is -2.86. The standard InChI is InChI=1S/C19H16N4OS/c24-18(21-19-20-11-12-25-19)16-13-23(15-9-5-2-6-10-15)22-17(16)14-7-3-1-4-8-14/h1-10,13H,11-12H2,(H,20,21,24). The summed E-state index contributed by atoms with van der Waals surface area (Å²) in [4.78, 5) is 17.1. The minimum atomic E-state index is -0.186. The summed E-state index contributed by atoms with van der Waals surface area (Å²) < 4.78 is 1.74. The van der Waals surface area contributed by atoms with Crippen molar-refractivity contribution in [2.75, 3.05) is 12.3 Å². The Bertz CT molecular complexity index is 919. The second kappa shape index (κ2) is 6.94. The molecule has 25 heavy (non-hydrogen) atoms. The van der Waals surface area contributed by atoms with Gasteiger partial charge in [0.25, 0.3) is 5.91 Å². The van der Waals surface area contributed by atoms with Crippen LogP contribution in [0.15, 0.2) is 71.9 Å². The van der Waals surface area contributed by atoms with Gasteiger partial charge in [-0.05, 0) is 12.1 Å². The normalized spacial score (nSPS) is 13.5. The summed E-state index contributed by atoms with van der Waals surface area (Å²) in [6.07, 6.45) is 1.77. The average Bonchev–Trinajstić information content (AvgIpc) is 3.33. The fourth-order valence-corrected chi connectivity index (χ4v) is 3.36. The molecule has 1 amide bonds. The molecule has 0 atom stereocenters. The summed E-state index contributed by atoms with van der Waals surface area (Å²) in [7, 11) is 0. The second-order valence-electron chi connectivity index (χ2n) is 5.53. The Labute approximate surface area is 149 Å². The smallest absolute Gasteiger partial charge is 0.261 e. The fraction of sp³-hybridized carbons (Fsp3) is 0.105. The first-order valence-corrected chi connectivity index (χ1v) is 8.99. The molecular weight excluding hydrogens is 332 g/mol. The number of nitrogens with one attached hydrogen (secondary N) is 1. The van der Waals surface area contributed by atoms with Crippen LogP contribution in [-0.2, 0) is 0 Å². The molecule has 1 N–H and O–H groups in total. The number of hydrogen-bond donors (Lipinski definition) is 1. The summed E-state index contributed by atoms with van der Waals surface area (Å²) in [6, 6.07) is 19.5. The van der Waals surface area contributed by atoms with Crippen LogP contribution in [0.4, 0.5) is 0 Å². The molecule has 0 radical (unpaired) electrons. The summed E-state index contributed by atoms with van der Waals surface area (Å²) in [5.74, 6) is 0.721. The van der Waals surface area contributed by atoms with Gasteiger partial charge in [-0.15, -0.1) is 0 Å². The van der Waals surface area contributed by atoms with Crippen molar-refractivity contribution in [2.24, 2.45) is 4.99 Å². The highest BCUT2D eigenvalue weighted by Gasteiger charge is 2.20. The summed E-state index contributed by atoms with van der Waals surface area (Å²) in [5, 5.41) is 8.22.